The van der Waals surface area contributed by atoms with Crippen molar-refractivity contribution < 1.29 is 44.1 Å². The van der Waals surface area contributed by atoms with Gasteiger partial charge in [0, 0.05) is 0 Å². The van der Waals surface area contributed by atoms with Gasteiger partial charge in [0.15, 0.2) is 14.3 Å². The fourth-order valence-corrected chi connectivity index (χ4v) is 6.04. The van der Waals surface area contributed by atoms with E-state index in [0.29, 0.717) is 0 Å². The number of rotatable bonds is 5. The van der Waals surface area contributed by atoms with Gasteiger partial charge >= 0.3 is 18.9 Å². The Morgan fingerprint density at radius 2 is 1.65 bits per heavy atom. The van der Waals surface area contributed by atoms with Crippen LogP contribution in [0.15, 0.2) is 0 Å². The first-order valence-electron chi connectivity index (χ1n) is 4.73. The van der Waals surface area contributed by atoms with Crippen molar-refractivity contribution in [2.75, 3.05) is 0 Å². The molecular formula is C7H17LiO6S2Si. The van der Waals surface area contributed by atoms with Crippen molar-refractivity contribution >= 4 is 30.0 Å². The van der Waals surface area contributed by atoms with E-state index in [1.807, 2.05) is 0 Å². The Kier molecular flexibility index (Phi) is 7.87. The maximum Gasteiger partial charge on any atom is 1.00 e. The van der Waals surface area contributed by atoms with Crippen LogP contribution >= 0.6 is 0 Å². The van der Waals surface area contributed by atoms with Crippen LogP contribution in [0.1, 0.15) is 34.1 Å². The third-order valence-corrected chi connectivity index (χ3v) is 7.65. The van der Waals surface area contributed by atoms with Gasteiger partial charge in [0.2, 0.25) is 0 Å². The van der Waals surface area contributed by atoms with Crippen molar-refractivity contribution in [1.82, 2.24) is 0 Å². The Hall–Kier alpha value is 0.634. The Bertz CT molecular complexity index is 424. The van der Waals surface area contributed by atoms with Crippen LogP contribution in [0, 0.1) is 0 Å². The molecule has 0 fully saturated rings. The predicted octanol–water partition coefficient (Wildman–Crippen LogP) is -3.08. The largest absolute Gasteiger partial charge is 1.00 e. The zero-order chi connectivity index (χ0) is 13.2. The molecule has 0 N–H and O–H groups in total. The first-order chi connectivity index (χ1) is 6.90. The van der Waals surface area contributed by atoms with Gasteiger partial charge in [0.05, 0.1) is 0 Å². The molecule has 0 aliphatic heterocycles. The third kappa shape index (κ3) is 7.61. The summed E-state index contributed by atoms with van der Waals surface area (Å²) in [5.74, 6) is 0. The molecule has 0 heterocycles. The van der Waals surface area contributed by atoms with Gasteiger partial charge in [-0.2, -0.15) is 8.42 Å². The molecule has 0 spiro atoms. The monoisotopic (exact) mass is 296 g/mol. The molecule has 0 saturated heterocycles. The summed E-state index contributed by atoms with van der Waals surface area (Å²) >= 11 is 0. The minimum atomic E-state index is -4.88. The molecule has 0 rings (SSSR count). The molecule has 0 aliphatic rings. The van der Waals surface area contributed by atoms with Crippen LogP contribution in [-0.2, 0) is 24.1 Å². The van der Waals surface area contributed by atoms with E-state index in [0.717, 1.165) is 0 Å². The average molecular weight is 296 g/mol. The summed E-state index contributed by atoms with van der Waals surface area (Å²) in [6, 6.07) is 0. The van der Waals surface area contributed by atoms with Crippen molar-refractivity contribution in [2.45, 2.75) is 43.7 Å². The Balaban J connectivity index is 0. The molecule has 0 aromatic heterocycles. The van der Waals surface area contributed by atoms with Crippen LogP contribution in [0.5, 0.6) is 0 Å². The summed E-state index contributed by atoms with van der Waals surface area (Å²) in [5.41, 5.74) is 0. The number of hydrogen-bond acceptors (Lipinski definition) is 6. The van der Waals surface area contributed by atoms with Crippen LogP contribution < -0.4 is 18.9 Å². The van der Waals surface area contributed by atoms with Gasteiger partial charge < -0.3 is 8.42 Å². The smallest absolute Gasteiger partial charge is 0.747 e. The molecule has 0 aromatic rings. The predicted molar refractivity (Wildman–Crippen MR) is 62.0 cm³/mol. The maximum atomic E-state index is 11.5. The second kappa shape index (κ2) is 6.70. The SMILES string of the molecule is CCC(S(=O)(=O)[O-])S(=O)(=O)O[SiH2]C(C)(C)C.[Li+]. The minimum Gasteiger partial charge on any atom is -0.747 e. The van der Waals surface area contributed by atoms with E-state index in [4.69, 9.17) is 3.87 Å². The second-order valence-electron chi connectivity index (χ2n) is 4.65. The van der Waals surface area contributed by atoms with E-state index in [1.54, 1.807) is 20.8 Å². The third-order valence-electron chi connectivity index (χ3n) is 1.63. The van der Waals surface area contributed by atoms with Gasteiger partial charge in [-0.25, -0.2) is 8.42 Å². The quantitative estimate of drug-likeness (QED) is 0.394. The number of hydrogen-bond donors (Lipinski definition) is 0. The molecule has 17 heavy (non-hydrogen) atoms. The van der Waals surface area contributed by atoms with E-state index >= 15 is 0 Å². The van der Waals surface area contributed by atoms with Crippen molar-refractivity contribution in [2.24, 2.45) is 0 Å². The molecule has 10 heteroatoms. The molecule has 0 saturated carbocycles. The van der Waals surface area contributed by atoms with Gasteiger partial charge in [-0.3, -0.25) is 0 Å². The van der Waals surface area contributed by atoms with Crippen LogP contribution in [0.2, 0.25) is 5.04 Å². The van der Waals surface area contributed by atoms with Crippen LogP contribution in [-0.4, -0.2) is 35.7 Å². The van der Waals surface area contributed by atoms with Crippen LogP contribution in [0.25, 0.3) is 0 Å². The molecule has 0 radical (unpaired) electrons. The van der Waals surface area contributed by atoms with Crippen LogP contribution in [0.3, 0.4) is 0 Å². The summed E-state index contributed by atoms with van der Waals surface area (Å²) in [4.78, 5) is 0. The van der Waals surface area contributed by atoms with E-state index in [2.05, 4.69) is 0 Å². The summed E-state index contributed by atoms with van der Waals surface area (Å²) in [6.07, 6.45) is -0.299. The summed E-state index contributed by atoms with van der Waals surface area (Å²) in [7, 11) is -10.6. The Morgan fingerprint density at radius 3 is 1.88 bits per heavy atom. The van der Waals surface area contributed by atoms with Gasteiger partial charge in [-0.1, -0.05) is 27.7 Å². The fraction of sp³-hybridized carbons (Fsp3) is 1.00. The van der Waals surface area contributed by atoms with E-state index < -0.39 is 34.6 Å². The normalized spacial score (nSPS) is 15.8. The zero-order valence-corrected chi connectivity index (χ0v) is 13.8. The molecule has 0 aliphatic carbocycles. The molecule has 0 aromatic carbocycles. The first-order valence-corrected chi connectivity index (χ1v) is 8.96. The van der Waals surface area contributed by atoms with E-state index in [9.17, 15) is 21.4 Å². The van der Waals surface area contributed by atoms with Gasteiger partial charge in [-0.05, 0) is 11.5 Å². The van der Waals surface area contributed by atoms with E-state index in [1.165, 1.54) is 6.92 Å². The Morgan fingerprint density at radius 1 is 1.24 bits per heavy atom. The molecule has 1 unspecified atom stereocenters. The van der Waals surface area contributed by atoms with Crippen molar-refractivity contribution in [3.8, 4) is 0 Å². The van der Waals surface area contributed by atoms with Gasteiger partial charge in [-0.15, -0.1) is 0 Å². The average Bonchev–Trinajstić information content (AvgIpc) is 1.97. The summed E-state index contributed by atoms with van der Waals surface area (Å²) in [5, 5.41) is -0.294. The van der Waals surface area contributed by atoms with Gasteiger partial charge in [0.1, 0.15) is 10.1 Å². The molecule has 0 bridgehead atoms. The van der Waals surface area contributed by atoms with Crippen molar-refractivity contribution in [3.63, 3.8) is 0 Å². The molecule has 6 nitrogen and oxygen atoms in total. The standard InChI is InChI=1S/C7H18O6S2Si.Li/c1-5-6(14(8,9)10)15(11,12)13-16-7(2,3)4;/h6H,5,16H2,1-4H3,(H,8,9,10);/q;+1/p-1. The van der Waals surface area contributed by atoms with Crippen LogP contribution in [0.4, 0.5) is 0 Å². The summed E-state index contributed by atoms with van der Waals surface area (Å²) < 4.78 is 57.9. The fourth-order valence-electron chi connectivity index (χ4n) is 0.887. The van der Waals surface area contributed by atoms with E-state index in [-0.39, 0.29) is 30.3 Å². The van der Waals surface area contributed by atoms with Crippen molar-refractivity contribution in [1.29, 1.82) is 0 Å². The van der Waals surface area contributed by atoms with Crippen molar-refractivity contribution in [3.05, 3.63) is 0 Å². The minimum absolute atomic E-state index is 0. The maximum absolute atomic E-state index is 11.5. The Labute approximate surface area is 118 Å². The first kappa shape index (κ1) is 20.0. The topological polar surface area (TPSA) is 101 Å². The molecular weight excluding hydrogens is 279 g/mol. The molecule has 0 amide bonds. The zero-order valence-electron chi connectivity index (χ0n) is 10.8. The molecule has 1 atom stereocenters. The van der Waals surface area contributed by atoms with Gasteiger partial charge in [0.25, 0.3) is 10.1 Å². The second-order valence-corrected chi connectivity index (χ2v) is 11.4. The summed E-state index contributed by atoms with van der Waals surface area (Å²) in [6.45, 7) is 6.70. The molecule has 98 valence electrons.